The third-order valence-corrected chi connectivity index (χ3v) is 2.21. The van der Waals surface area contributed by atoms with Crippen molar-refractivity contribution in [2.75, 3.05) is 7.11 Å². The third kappa shape index (κ3) is 1.71. The van der Waals surface area contributed by atoms with Gasteiger partial charge in [0, 0.05) is 19.6 Å². The summed E-state index contributed by atoms with van der Waals surface area (Å²) in [4.78, 5) is 4.35. The fourth-order valence-corrected chi connectivity index (χ4v) is 1.58. The molecule has 5 nitrogen and oxygen atoms in total. The normalized spacial score (nSPS) is 21.5. The van der Waals surface area contributed by atoms with Crippen LogP contribution in [0.4, 0.5) is 0 Å². The van der Waals surface area contributed by atoms with Crippen LogP contribution in [0, 0.1) is 0 Å². The van der Waals surface area contributed by atoms with E-state index < -0.39 is 0 Å². The molecule has 72 valence electrons. The lowest BCUT2D eigenvalue weighted by Gasteiger charge is -2.17. The molecule has 0 fully saturated rings. The summed E-state index contributed by atoms with van der Waals surface area (Å²) in [6, 6.07) is 0.226. The average Bonchev–Trinajstić information content (AvgIpc) is 2.46. The number of hydrogen-bond acceptors (Lipinski definition) is 4. The molecule has 0 spiro atoms. The summed E-state index contributed by atoms with van der Waals surface area (Å²) in [5.74, 6) is 1.79. The van der Waals surface area contributed by atoms with E-state index in [1.54, 1.807) is 7.11 Å². The van der Waals surface area contributed by atoms with Gasteiger partial charge in [-0.25, -0.2) is 9.67 Å². The summed E-state index contributed by atoms with van der Waals surface area (Å²) in [6.07, 6.45) is 1.93. The van der Waals surface area contributed by atoms with Gasteiger partial charge in [0.2, 0.25) is 0 Å². The van der Waals surface area contributed by atoms with Crippen LogP contribution in [0.3, 0.4) is 0 Å². The summed E-state index contributed by atoms with van der Waals surface area (Å²) >= 11 is 0. The number of rotatable bonds is 2. The number of nitrogens with two attached hydrogens (primary N) is 1. The first-order valence-corrected chi connectivity index (χ1v) is 4.46. The second-order valence-corrected chi connectivity index (χ2v) is 3.36. The fraction of sp³-hybridized carbons (Fsp3) is 0.750. The number of fused-ring (bicyclic) bond motifs is 1. The smallest absolute Gasteiger partial charge is 0.176 e. The molecule has 1 aromatic heterocycles. The molecule has 0 aromatic carbocycles. The van der Waals surface area contributed by atoms with Crippen molar-refractivity contribution in [1.29, 1.82) is 0 Å². The van der Waals surface area contributed by atoms with Gasteiger partial charge in [-0.05, 0) is 6.42 Å². The Balaban J connectivity index is 2.18. The molecule has 0 aliphatic carbocycles. The Labute approximate surface area is 76.9 Å². The van der Waals surface area contributed by atoms with Crippen LogP contribution in [-0.4, -0.2) is 27.9 Å². The quantitative estimate of drug-likeness (QED) is 0.681. The van der Waals surface area contributed by atoms with E-state index in [4.69, 9.17) is 10.5 Å². The predicted molar refractivity (Wildman–Crippen MR) is 47.0 cm³/mol. The highest BCUT2D eigenvalue weighted by molar-refractivity contribution is 4.96. The summed E-state index contributed by atoms with van der Waals surface area (Å²) < 4.78 is 6.85. The number of methoxy groups -OCH3 is 1. The largest absolute Gasteiger partial charge is 0.377 e. The van der Waals surface area contributed by atoms with Crippen molar-refractivity contribution in [3.63, 3.8) is 0 Å². The molecule has 0 saturated heterocycles. The number of nitrogens with zero attached hydrogens (tertiary/aromatic N) is 3. The van der Waals surface area contributed by atoms with E-state index in [-0.39, 0.29) is 6.04 Å². The molecule has 5 heteroatoms. The topological polar surface area (TPSA) is 66.0 Å². The Morgan fingerprint density at radius 1 is 1.69 bits per heavy atom. The van der Waals surface area contributed by atoms with Gasteiger partial charge >= 0.3 is 0 Å². The van der Waals surface area contributed by atoms with E-state index in [0.717, 1.165) is 31.0 Å². The Kier molecular flexibility index (Phi) is 2.28. The third-order valence-electron chi connectivity index (χ3n) is 2.21. The van der Waals surface area contributed by atoms with Gasteiger partial charge in [-0.3, -0.25) is 0 Å². The van der Waals surface area contributed by atoms with E-state index >= 15 is 0 Å². The number of aryl methyl sites for hydroxylation is 1. The van der Waals surface area contributed by atoms with Gasteiger partial charge in [0.15, 0.2) is 5.82 Å². The Hall–Kier alpha value is -0.940. The summed E-state index contributed by atoms with van der Waals surface area (Å²) in [5, 5.41) is 4.29. The van der Waals surface area contributed by atoms with E-state index in [1.807, 2.05) is 4.68 Å². The van der Waals surface area contributed by atoms with E-state index in [2.05, 4.69) is 10.1 Å². The van der Waals surface area contributed by atoms with Crippen LogP contribution >= 0.6 is 0 Å². The lowest BCUT2D eigenvalue weighted by atomic mass is 10.1. The minimum atomic E-state index is 0.226. The second-order valence-electron chi connectivity index (χ2n) is 3.36. The zero-order valence-electron chi connectivity index (χ0n) is 7.73. The van der Waals surface area contributed by atoms with E-state index in [0.29, 0.717) is 6.61 Å². The van der Waals surface area contributed by atoms with Crippen LogP contribution in [0.1, 0.15) is 18.1 Å². The predicted octanol–water partition coefficient (Wildman–Crippen LogP) is -0.302. The number of hydrogen-bond donors (Lipinski definition) is 1. The number of ether oxygens (including phenoxy) is 1. The van der Waals surface area contributed by atoms with Crippen LogP contribution in [0.5, 0.6) is 0 Å². The maximum atomic E-state index is 5.81. The standard InChI is InChI=1S/C8H14N4O/c1-13-5-7-10-8-3-2-6(9)4-12(8)11-7/h6H,2-5,9H2,1H3/t6-/m0/s1. The molecule has 0 saturated carbocycles. The van der Waals surface area contributed by atoms with Crippen LogP contribution < -0.4 is 5.73 Å². The summed E-state index contributed by atoms with van der Waals surface area (Å²) in [5.41, 5.74) is 5.81. The number of aromatic nitrogens is 3. The molecule has 0 bridgehead atoms. The van der Waals surface area contributed by atoms with Crippen molar-refractivity contribution in [3.05, 3.63) is 11.6 Å². The van der Waals surface area contributed by atoms with Gasteiger partial charge in [0.25, 0.3) is 0 Å². The van der Waals surface area contributed by atoms with Crippen LogP contribution in [0.2, 0.25) is 0 Å². The molecule has 0 amide bonds. The monoisotopic (exact) mass is 182 g/mol. The molecule has 0 radical (unpaired) electrons. The Morgan fingerprint density at radius 2 is 2.54 bits per heavy atom. The maximum Gasteiger partial charge on any atom is 0.176 e. The minimum absolute atomic E-state index is 0.226. The lowest BCUT2D eigenvalue weighted by molar-refractivity contribution is 0.177. The van der Waals surface area contributed by atoms with Gasteiger partial charge in [0.1, 0.15) is 12.4 Å². The molecule has 2 heterocycles. The van der Waals surface area contributed by atoms with Crippen molar-refractivity contribution >= 4 is 0 Å². The average molecular weight is 182 g/mol. The second kappa shape index (κ2) is 3.43. The van der Waals surface area contributed by atoms with Crippen molar-refractivity contribution in [3.8, 4) is 0 Å². The van der Waals surface area contributed by atoms with Gasteiger partial charge in [-0.1, -0.05) is 0 Å². The molecule has 1 aliphatic rings. The molecule has 2 rings (SSSR count). The first-order chi connectivity index (χ1) is 6.29. The van der Waals surface area contributed by atoms with Crippen molar-refractivity contribution in [2.45, 2.75) is 32.0 Å². The fourth-order valence-electron chi connectivity index (χ4n) is 1.58. The van der Waals surface area contributed by atoms with Gasteiger partial charge < -0.3 is 10.5 Å². The highest BCUT2D eigenvalue weighted by Crippen LogP contribution is 2.11. The molecule has 0 unspecified atom stereocenters. The van der Waals surface area contributed by atoms with Crippen LogP contribution in [0.25, 0.3) is 0 Å². The highest BCUT2D eigenvalue weighted by atomic mass is 16.5. The maximum absolute atomic E-state index is 5.81. The SMILES string of the molecule is COCc1nc2n(n1)C[C@@H](N)CC2. The van der Waals surface area contributed by atoms with Crippen molar-refractivity contribution in [1.82, 2.24) is 14.8 Å². The minimum Gasteiger partial charge on any atom is -0.377 e. The molecule has 1 aromatic rings. The van der Waals surface area contributed by atoms with Crippen LogP contribution in [-0.2, 0) is 24.3 Å². The molecular weight excluding hydrogens is 168 g/mol. The first-order valence-electron chi connectivity index (χ1n) is 4.46. The molecular formula is C8H14N4O. The van der Waals surface area contributed by atoms with Crippen molar-refractivity contribution in [2.24, 2.45) is 5.73 Å². The zero-order chi connectivity index (χ0) is 9.26. The van der Waals surface area contributed by atoms with Crippen LogP contribution in [0.15, 0.2) is 0 Å². The van der Waals surface area contributed by atoms with Gasteiger partial charge in [-0.15, -0.1) is 0 Å². The molecule has 2 N–H and O–H groups in total. The van der Waals surface area contributed by atoms with Crippen molar-refractivity contribution < 1.29 is 4.74 Å². The first kappa shape index (κ1) is 8.65. The van der Waals surface area contributed by atoms with Gasteiger partial charge in [-0.2, -0.15) is 5.10 Å². The zero-order valence-corrected chi connectivity index (χ0v) is 7.73. The highest BCUT2D eigenvalue weighted by Gasteiger charge is 2.18. The van der Waals surface area contributed by atoms with E-state index in [9.17, 15) is 0 Å². The van der Waals surface area contributed by atoms with E-state index in [1.165, 1.54) is 0 Å². The summed E-state index contributed by atoms with van der Waals surface area (Å²) in [6.45, 7) is 1.27. The molecule has 1 atom stereocenters. The molecule has 13 heavy (non-hydrogen) atoms. The lowest BCUT2D eigenvalue weighted by Crippen LogP contribution is -2.32. The molecule has 1 aliphatic heterocycles. The summed E-state index contributed by atoms with van der Waals surface area (Å²) in [7, 11) is 1.64. The van der Waals surface area contributed by atoms with Gasteiger partial charge in [0.05, 0.1) is 6.54 Å². The Bertz CT molecular complexity index is 296. The Morgan fingerprint density at radius 3 is 3.31 bits per heavy atom.